The summed E-state index contributed by atoms with van der Waals surface area (Å²) in [6, 6.07) is 2.10. The lowest BCUT2D eigenvalue weighted by Crippen LogP contribution is -2.15. The van der Waals surface area contributed by atoms with Crippen molar-refractivity contribution in [2.45, 2.75) is 46.7 Å². The summed E-state index contributed by atoms with van der Waals surface area (Å²) in [4.78, 5) is 4.18. The van der Waals surface area contributed by atoms with Crippen LogP contribution in [0.4, 0.5) is 24.8 Å². The number of halogens is 3. The third-order valence-electron chi connectivity index (χ3n) is 2.89. The number of nitrogens with zero attached hydrogens (tertiary/aromatic N) is 1. The van der Waals surface area contributed by atoms with Crippen LogP contribution in [-0.4, -0.2) is 18.1 Å². The molecule has 0 unspecified atom stereocenters. The van der Waals surface area contributed by atoms with E-state index in [-0.39, 0.29) is 17.1 Å². The maximum atomic E-state index is 12.9. The average Bonchev–Trinajstić information content (AvgIpc) is 2.33. The Morgan fingerprint density at radius 2 is 1.52 bits per heavy atom. The molecule has 0 saturated carbocycles. The van der Waals surface area contributed by atoms with Crippen LogP contribution in [0.1, 0.15) is 46.1 Å². The fourth-order valence-electron chi connectivity index (χ4n) is 1.69. The summed E-state index contributed by atoms with van der Waals surface area (Å²) in [5.41, 5.74) is -0.563. The van der Waals surface area contributed by atoms with E-state index in [0.29, 0.717) is 13.1 Å². The molecule has 1 aromatic heterocycles. The van der Waals surface area contributed by atoms with Gasteiger partial charge in [-0.05, 0) is 30.4 Å². The van der Waals surface area contributed by atoms with Crippen LogP contribution in [0.5, 0.6) is 0 Å². The van der Waals surface area contributed by atoms with E-state index in [0.717, 1.165) is 25.0 Å². The first-order valence-electron chi connectivity index (χ1n) is 7.19. The molecule has 3 nitrogen and oxygen atoms in total. The van der Waals surface area contributed by atoms with Crippen molar-refractivity contribution in [1.82, 2.24) is 4.98 Å². The molecule has 0 aliphatic carbocycles. The van der Waals surface area contributed by atoms with Crippen molar-refractivity contribution in [1.29, 1.82) is 0 Å². The van der Waals surface area contributed by atoms with Crippen LogP contribution < -0.4 is 10.6 Å². The van der Waals surface area contributed by atoms with E-state index in [1.165, 1.54) is 0 Å². The summed E-state index contributed by atoms with van der Waals surface area (Å²) >= 11 is 0. The highest BCUT2D eigenvalue weighted by Gasteiger charge is 2.31. The second kappa shape index (κ2) is 7.00. The molecule has 0 fully saturated rings. The van der Waals surface area contributed by atoms with Crippen molar-refractivity contribution in [3.8, 4) is 0 Å². The van der Waals surface area contributed by atoms with E-state index >= 15 is 0 Å². The van der Waals surface area contributed by atoms with Gasteiger partial charge in [0, 0.05) is 13.1 Å². The van der Waals surface area contributed by atoms with E-state index in [1.807, 2.05) is 6.92 Å². The van der Waals surface area contributed by atoms with Crippen molar-refractivity contribution in [2.24, 2.45) is 5.41 Å². The molecule has 21 heavy (non-hydrogen) atoms. The van der Waals surface area contributed by atoms with E-state index in [1.54, 1.807) is 0 Å². The summed E-state index contributed by atoms with van der Waals surface area (Å²) in [6.45, 7) is 9.39. The number of nitrogens with one attached hydrogen (secondary N) is 2. The third-order valence-corrected chi connectivity index (χ3v) is 2.89. The first-order chi connectivity index (χ1) is 9.62. The van der Waals surface area contributed by atoms with E-state index in [4.69, 9.17) is 0 Å². The van der Waals surface area contributed by atoms with Gasteiger partial charge in [-0.25, -0.2) is 4.98 Å². The van der Waals surface area contributed by atoms with E-state index in [2.05, 4.69) is 36.4 Å². The van der Waals surface area contributed by atoms with Gasteiger partial charge in [0.05, 0.1) is 5.56 Å². The summed E-state index contributed by atoms with van der Waals surface area (Å²) in [5.74, 6) is 0.512. The summed E-state index contributed by atoms with van der Waals surface area (Å²) in [6.07, 6.45) is -2.70. The standard InChI is InChI=1S/C15H24F3N3/c1-5-7-19-12-9-11(15(16,17)18)10-13(21-12)20-8-6-14(2,3)4/h9-10H,5-8H2,1-4H3,(H2,19,20,21). The topological polar surface area (TPSA) is 37.0 Å². The van der Waals surface area contributed by atoms with Crippen LogP contribution >= 0.6 is 0 Å². The van der Waals surface area contributed by atoms with Crippen LogP contribution in [0.2, 0.25) is 0 Å². The fourth-order valence-corrected chi connectivity index (χ4v) is 1.69. The zero-order valence-electron chi connectivity index (χ0n) is 13.1. The lowest BCUT2D eigenvalue weighted by atomic mass is 9.92. The first-order valence-corrected chi connectivity index (χ1v) is 7.19. The lowest BCUT2D eigenvalue weighted by molar-refractivity contribution is -0.137. The molecule has 1 rings (SSSR count). The summed E-state index contributed by atoms with van der Waals surface area (Å²) < 4.78 is 38.7. The van der Waals surface area contributed by atoms with Crippen LogP contribution in [0.3, 0.4) is 0 Å². The molecule has 0 saturated heterocycles. The van der Waals surface area contributed by atoms with Gasteiger partial charge < -0.3 is 10.6 Å². The molecule has 0 spiro atoms. The van der Waals surface area contributed by atoms with Crippen molar-refractivity contribution >= 4 is 11.6 Å². The molecule has 120 valence electrons. The van der Waals surface area contributed by atoms with Gasteiger partial charge in [0.1, 0.15) is 11.6 Å². The number of aromatic nitrogens is 1. The number of anilines is 2. The van der Waals surface area contributed by atoms with Crippen LogP contribution in [-0.2, 0) is 6.18 Å². The number of alkyl halides is 3. The highest BCUT2D eigenvalue weighted by molar-refractivity contribution is 5.49. The second-order valence-electron chi connectivity index (χ2n) is 6.29. The van der Waals surface area contributed by atoms with Gasteiger partial charge in [0.2, 0.25) is 0 Å². The molecular formula is C15H24F3N3. The predicted molar refractivity (Wildman–Crippen MR) is 80.6 cm³/mol. The Morgan fingerprint density at radius 3 is 1.95 bits per heavy atom. The molecule has 1 heterocycles. The molecule has 0 bridgehead atoms. The zero-order valence-corrected chi connectivity index (χ0v) is 13.1. The summed E-state index contributed by atoms with van der Waals surface area (Å²) in [7, 11) is 0. The predicted octanol–water partition coefficient (Wildman–Crippen LogP) is 4.77. The number of hydrogen-bond acceptors (Lipinski definition) is 3. The molecule has 0 aromatic carbocycles. The first kappa shape index (κ1) is 17.6. The molecule has 0 radical (unpaired) electrons. The van der Waals surface area contributed by atoms with Crippen LogP contribution in [0.25, 0.3) is 0 Å². The largest absolute Gasteiger partial charge is 0.416 e. The zero-order chi connectivity index (χ0) is 16.1. The lowest BCUT2D eigenvalue weighted by Gasteiger charge is -2.19. The normalized spacial score (nSPS) is 12.3. The molecule has 2 N–H and O–H groups in total. The Balaban J connectivity index is 2.86. The van der Waals surface area contributed by atoms with Gasteiger partial charge in [0.25, 0.3) is 0 Å². The SMILES string of the molecule is CCCNc1cc(C(F)(F)F)cc(NCCC(C)(C)C)n1. The third kappa shape index (κ3) is 6.69. The smallest absolute Gasteiger partial charge is 0.370 e. The van der Waals surface area contributed by atoms with Gasteiger partial charge in [-0.3, -0.25) is 0 Å². The number of pyridine rings is 1. The molecule has 0 atom stereocenters. The minimum atomic E-state index is -4.37. The minimum absolute atomic E-state index is 0.123. The quantitative estimate of drug-likeness (QED) is 0.795. The second-order valence-corrected chi connectivity index (χ2v) is 6.29. The summed E-state index contributed by atoms with van der Waals surface area (Å²) in [5, 5.41) is 5.88. The molecule has 1 aromatic rings. The van der Waals surface area contributed by atoms with Crippen molar-refractivity contribution in [3.05, 3.63) is 17.7 Å². The Hall–Kier alpha value is -1.46. The van der Waals surface area contributed by atoms with Crippen molar-refractivity contribution in [3.63, 3.8) is 0 Å². The van der Waals surface area contributed by atoms with Crippen molar-refractivity contribution in [2.75, 3.05) is 23.7 Å². The monoisotopic (exact) mass is 303 g/mol. The Kier molecular flexibility index (Phi) is 5.87. The van der Waals surface area contributed by atoms with Crippen LogP contribution in [0, 0.1) is 5.41 Å². The molecule has 0 aliphatic heterocycles. The molecule has 6 heteroatoms. The fraction of sp³-hybridized carbons (Fsp3) is 0.667. The number of rotatable bonds is 6. The highest BCUT2D eigenvalue weighted by Crippen LogP contribution is 2.32. The van der Waals surface area contributed by atoms with Gasteiger partial charge in [-0.15, -0.1) is 0 Å². The Morgan fingerprint density at radius 1 is 1.00 bits per heavy atom. The van der Waals surface area contributed by atoms with Crippen LogP contribution in [0.15, 0.2) is 12.1 Å². The van der Waals surface area contributed by atoms with Gasteiger partial charge in [-0.1, -0.05) is 27.7 Å². The van der Waals surface area contributed by atoms with Gasteiger partial charge >= 0.3 is 6.18 Å². The minimum Gasteiger partial charge on any atom is -0.370 e. The van der Waals surface area contributed by atoms with Gasteiger partial charge in [0.15, 0.2) is 0 Å². The Bertz CT molecular complexity index is 450. The highest BCUT2D eigenvalue weighted by atomic mass is 19.4. The van der Waals surface area contributed by atoms with Gasteiger partial charge in [-0.2, -0.15) is 13.2 Å². The molecule has 0 amide bonds. The maximum Gasteiger partial charge on any atom is 0.416 e. The van der Waals surface area contributed by atoms with E-state index < -0.39 is 11.7 Å². The van der Waals surface area contributed by atoms with E-state index in [9.17, 15) is 13.2 Å². The van der Waals surface area contributed by atoms with Crippen molar-refractivity contribution < 1.29 is 13.2 Å². The Labute approximate surface area is 124 Å². The molecular weight excluding hydrogens is 279 g/mol. The maximum absolute atomic E-state index is 12.9. The molecule has 0 aliphatic rings. The average molecular weight is 303 g/mol. The number of hydrogen-bond donors (Lipinski definition) is 2.